The molecule has 238 valence electrons. The second kappa shape index (κ2) is 20.8. The van der Waals surface area contributed by atoms with Crippen molar-refractivity contribution in [2.75, 3.05) is 33.0 Å². The Balaban J connectivity index is 2.80. The van der Waals surface area contributed by atoms with Crippen molar-refractivity contribution in [3.63, 3.8) is 0 Å². The number of rotatable bonds is 23. The van der Waals surface area contributed by atoms with E-state index in [4.69, 9.17) is 15.0 Å². The van der Waals surface area contributed by atoms with Crippen LogP contribution in [0.3, 0.4) is 0 Å². The zero-order valence-electron chi connectivity index (χ0n) is 25.0. The largest absolute Gasteiger partial charge is 0.508 e. The summed E-state index contributed by atoms with van der Waals surface area (Å²) in [5.74, 6) is -3.93. The summed E-state index contributed by atoms with van der Waals surface area (Å²) in [6.07, 6.45) is -0.106. The number of carbonyl (C=O) groups excluding carboxylic acids is 4. The SMILES string of the molecule is CC(=O)N[C@@H](Cc1ccc(O)cc1)C(=O)C[C@@H](CC(C)C)C(=O)N[C@@H](CC(=O)O)C(=O)CCCOCCOCCN=[N+]=[N-]. The summed E-state index contributed by atoms with van der Waals surface area (Å²) in [5.41, 5.74) is 8.90. The van der Waals surface area contributed by atoms with Crippen molar-refractivity contribution in [1.82, 2.24) is 10.6 Å². The molecule has 14 heteroatoms. The normalized spacial score (nSPS) is 12.9. The van der Waals surface area contributed by atoms with Gasteiger partial charge in [-0.2, -0.15) is 0 Å². The molecule has 0 aliphatic carbocycles. The Morgan fingerprint density at radius 1 is 0.930 bits per heavy atom. The Morgan fingerprint density at radius 2 is 1.58 bits per heavy atom. The van der Waals surface area contributed by atoms with Crippen LogP contribution in [-0.4, -0.2) is 84.6 Å². The molecule has 14 nitrogen and oxygen atoms in total. The van der Waals surface area contributed by atoms with Crippen molar-refractivity contribution in [3.05, 3.63) is 40.3 Å². The monoisotopic (exact) mass is 605 g/mol. The van der Waals surface area contributed by atoms with Crippen LogP contribution in [0.2, 0.25) is 0 Å². The fraction of sp³-hybridized carbons (Fsp3) is 0.621. The molecule has 0 heterocycles. The lowest BCUT2D eigenvalue weighted by molar-refractivity contribution is -0.141. The maximum Gasteiger partial charge on any atom is 0.305 e. The number of carboxylic acids is 1. The minimum absolute atomic E-state index is 0.00805. The van der Waals surface area contributed by atoms with E-state index in [2.05, 4.69) is 20.7 Å². The molecule has 2 amide bonds. The summed E-state index contributed by atoms with van der Waals surface area (Å²) in [6.45, 7) is 6.26. The number of aliphatic carboxylic acids is 1. The number of nitrogens with one attached hydrogen (secondary N) is 2. The molecule has 4 N–H and O–H groups in total. The van der Waals surface area contributed by atoms with Gasteiger partial charge < -0.3 is 30.3 Å². The van der Waals surface area contributed by atoms with E-state index in [1.807, 2.05) is 13.8 Å². The Morgan fingerprint density at radius 3 is 2.16 bits per heavy atom. The number of phenolic OH excluding ortho intramolecular Hbond substituents is 1. The molecule has 0 radical (unpaired) electrons. The van der Waals surface area contributed by atoms with Crippen LogP contribution in [0, 0.1) is 11.8 Å². The van der Waals surface area contributed by atoms with Crippen molar-refractivity contribution >= 4 is 29.4 Å². The van der Waals surface area contributed by atoms with Gasteiger partial charge >= 0.3 is 5.97 Å². The van der Waals surface area contributed by atoms with Crippen LogP contribution in [0.15, 0.2) is 29.4 Å². The Kier molecular flexibility index (Phi) is 17.9. The summed E-state index contributed by atoms with van der Waals surface area (Å²) in [7, 11) is 0. The van der Waals surface area contributed by atoms with Gasteiger partial charge in [-0.1, -0.05) is 31.1 Å². The molecule has 1 rings (SSSR count). The van der Waals surface area contributed by atoms with Gasteiger partial charge in [-0.15, -0.1) is 0 Å². The lowest BCUT2D eigenvalue weighted by Crippen LogP contribution is -2.47. The highest BCUT2D eigenvalue weighted by molar-refractivity contribution is 5.95. The molecule has 0 fully saturated rings. The molecule has 1 aromatic rings. The number of phenols is 1. The van der Waals surface area contributed by atoms with E-state index in [9.17, 15) is 34.2 Å². The molecule has 1 aromatic carbocycles. The third-order valence-corrected chi connectivity index (χ3v) is 6.28. The number of hydrogen-bond donors (Lipinski definition) is 4. The molecule has 0 aromatic heterocycles. The predicted molar refractivity (Wildman–Crippen MR) is 156 cm³/mol. The van der Waals surface area contributed by atoms with Crippen molar-refractivity contribution in [3.8, 4) is 5.75 Å². The smallest absolute Gasteiger partial charge is 0.305 e. The second-order valence-electron chi connectivity index (χ2n) is 10.5. The van der Waals surface area contributed by atoms with E-state index in [1.165, 1.54) is 19.1 Å². The first-order valence-corrected chi connectivity index (χ1v) is 14.2. The zero-order chi connectivity index (χ0) is 32.2. The first-order chi connectivity index (χ1) is 20.4. The summed E-state index contributed by atoms with van der Waals surface area (Å²) in [4.78, 5) is 65.4. The van der Waals surface area contributed by atoms with Crippen LogP contribution in [0.25, 0.3) is 10.4 Å². The van der Waals surface area contributed by atoms with Crippen molar-refractivity contribution in [2.24, 2.45) is 17.0 Å². The molecule has 0 saturated heterocycles. The molecule has 0 bridgehead atoms. The van der Waals surface area contributed by atoms with Gasteiger partial charge in [0.25, 0.3) is 0 Å². The van der Waals surface area contributed by atoms with Gasteiger partial charge in [-0.25, -0.2) is 0 Å². The number of Topliss-reactive ketones (excluding diaryl/α,β-unsaturated/α-hetero) is 2. The van der Waals surface area contributed by atoms with Crippen molar-refractivity contribution in [1.29, 1.82) is 0 Å². The van der Waals surface area contributed by atoms with Gasteiger partial charge in [-0.3, -0.25) is 24.0 Å². The number of benzene rings is 1. The van der Waals surface area contributed by atoms with Gasteiger partial charge in [0.2, 0.25) is 11.8 Å². The van der Waals surface area contributed by atoms with E-state index in [-0.39, 0.29) is 69.7 Å². The van der Waals surface area contributed by atoms with Gasteiger partial charge in [0, 0.05) is 43.7 Å². The number of nitrogens with zero attached hydrogens (tertiary/aromatic N) is 3. The van der Waals surface area contributed by atoms with E-state index in [0.29, 0.717) is 18.4 Å². The van der Waals surface area contributed by atoms with E-state index in [1.54, 1.807) is 12.1 Å². The minimum atomic E-state index is -1.28. The van der Waals surface area contributed by atoms with E-state index in [0.717, 1.165) is 0 Å². The fourth-order valence-electron chi connectivity index (χ4n) is 4.30. The molecule has 0 unspecified atom stereocenters. The van der Waals surface area contributed by atoms with Crippen LogP contribution in [0.1, 0.15) is 58.4 Å². The van der Waals surface area contributed by atoms with Gasteiger partial charge in [-0.05, 0) is 48.4 Å². The van der Waals surface area contributed by atoms with Crippen LogP contribution in [0.5, 0.6) is 5.75 Å². The Labute approximate surface area is 251 Å². The number of ether oxygens (including phenoxy) is 2. The summed E-state index contributed by atoms with van der Waals surface area (Å²) < 4.78 is 10.6. The van der Waals surface area contributed by atoms with Crippen LogP contribution < -0.4 is 10.6 Å². The number of hydrogen-bond acceptors (Lipinski definition) is 9. The van der Waals surface area contributed by atoms with Gasteiger partial charge in [0.05, 0.1) is 38.3 Å². The lowest BCUT2D eigenvalue weighted by atomic mass is 9.88. The maximum atomic E-state index is 13.3. The third-order valence-electron chi connectivity index (χ3n) is 6.28. The summed E-state index contributed by atoms with van der Waals surface area (Å²) >= 11 is 0. The highest BCUT2D eigenvalue weighted by atomic mass is 16.5. The molecular formula is C29H43N5O9. The number of carboxylic acid groups (broad SMARTS) is 1. The predicted octanol–water partition coefficient (Wildman–Crippen LogP) is 2.71. The second-order valence-corrected chi connectivity index (χ2v) is 10.5. The number of aromatic hydroxyl groups is 1. The lowest BCUT2D eigenvalue weighted by Gasteiger charge is -2.24. The summed E-state index contributed by atoms with van der Waals surface area (Å²) in [5, 5.41) is 27.4. The van der Waals surface area contributed by atoms with E-state index < -0.39 is 48.0 Å². The highest BCUT2D eigenvalue weighted by Crippen LogP contribution is 2.20. The van der Waals surface area contributed by atoms with Gasteiger partial charge in [0.1, 0.15) is 5.75 Å². The van der Waals surface area contributed by atoms with Crippen LogP contribution >= 0.6 is 0 Å². The third kappa shape index (κ3) is 16.9. The van der Waals surface area contributed by atoms with Crippen LogP contribution in [0.4, 0.5) is 0 Å². The summed E-state index contributed by atoms with van der Waals surface area (Å²) in [6, 6.07) is 4.00. The molecule has 3 atom stereocenters. The molecule has 43 heavy (non-hydrogen) atoms. The number of carbonyl (C=O) groups is 5. The van der Waals surface area contributed by atoms with E-state index >= 15 is 0 Å². The number of amides is 2. The highest BCUT2D eigenvalue weighted by Gasteiger charge is 2.31. The zero-order valence-corrected chi connectivity index (χ0v) is 25.0. The molecule has 0 aliphatic heterocycles. The first kappa shape index (κ1) is 37.0. The molecule has 0 aliphatic rings. The van der Waals surface area contributed by atoms with Crippen molar-refractivity contribution < 1.29 is 43.7 Å². The molecule has 0 spiro atoms. The van der Waals surface area contributed by atoms with Gasteiger partial charge in [0.15, 0.2) is 11.6 Å². The fourth-order valence-corrected chi connectivity index (χ4v) is 4.30. The average Bonchev–Trinajstić information content (AvgIpc) is 2.93. The molecule has 0 saturated carbocycles. The maximum absolute atomic E-state index is 13.3. The quantitative estimate of drug-likeness (QED) is 0.0623. The number of ketones is 2. The average molecular weight is 606 g/mol. The number of azide groups is 1. The first-order valence-electron chi connectivity index (χ1n) is 14.2. The minimum Gasteiger partial charge on any atom is -0.508 e. The topological polar surface area (TPSA) is 217 Å². The van der Waals surface area contributed by atoms with Crippen LogP contribution in [-0.2, 0) is 39.9 Å². The Hall–Kier alpha value is -4.00. The standard InChI is InChI=1S/C29H43N5O9/c1-19(2)15-22(17-27(38)24(32-20(3)35)16-21-6-8-23(36)9-7-21)29(41)33-25(18-28(39)40)26(37)5-4-11-42-13-14-43-12-10-31-34-30/h6-9,19,22,24-25,36H,4-5,10-18H2,1-3H3,(H,32,35)(H,33,41)(H,39,40)/t22-,24+,25+/m1/s1. The van der Waals surface area contributed by atoms with Crippen molar-refractivity contribution in [2.45, 2.75) is 71.4 Å². The Bertz CT molecular complexity index is 1100. The molecular weight excluding hydrogens is 562 g/mol.